The molecule has 0 radical (unpaired) electrons. The average molecular weight is 514 g/mol. The highest BCUT2D eigenvalue weighted by Gasteiger charge is 2.50. The summed E-state index contributed by atoms with van der Waals surface area (Å²) in [5, 5.41) is 3.30. The number of hydrogen-bond acceptors (Lipinski definition) is 3. The zero-order valence-corrected chi connectivity index (χ0v) is 23.9. The molecule has 1 saturated carbocycles. The minimum Gasteiger partial charge on any atom is -0.351 e. The van der Waals surface area contributed by atoms with Gasteiger partial charge in [0.25, 0.3) is 0 Å². The number of hydrogen-bond donors (Lipinski definition) is 1. The molecule has 37 heavy (non-hydrogen) atoms. The summed E-state index contributed by atoms with van der Waals surface area (Å²) in [6, 6.07) is 6.69. The predicted molar refractivity (Wildman–Crippen MR) is 147 cm³/mol. The van der Waals surface area contributed by atoms with Gasteiger partial charge in [-0.15, -0.1) is 0 Å². The number of benzene rings is 1. The normalized spacial score (nSPS) is 25.8. The third-order valence-corrected chi connectivity index (χ3v) is 9.18. The van der Waals surface area contributed by atoms with E-state index in [-0.39, 0.29) is 46.0 Å². The summed E-state index contributed by atoms with van der Waals surface area (Å²) in [6.45, 7) is 15.5. The molecule has 5 nitrogen and oxygen atoms in total. The van der Waals surface area contributed by atoms with Crippen LogP contribution in [-0.2, 0) is 9.59 Å². The number of nitrogens with one attached hydrogen (secondary N) is 1. The van der Waals surface area contributed by atoms with Crippen LogP contribution in [0.4, 0.5) is 4.39 Å². The first kappa shape index (κ1) is 28.1. The van der Waals surface area contributed by atoms with E-state index >= 15 is 0 Å². The maximum absolute atomic E-state index is 14.0. The zero-order valence-electron chi connectivity index (χ0n) is 23.9. The number of rotatable bonds is 4. The molecule has 1 aromatic rings. The van der Waals surface area contributed by atoms with E-state index in [4.69, 9.17) is 0 Å². The Morgan fingerprint density at radius 3 is 2.05 bits per heavy atom. The molecule has 1 aliphatic carbocycles. The standard InChI is InChI=1S/C31H48FN3O2/c1-29(2,3)33-28(37)31(23-10-8-7-9-11-23)16-18-34(19-17-31)27(36)26-21-35(30(4,5)6)20-25(26)22-12-14-24(32)15-13-22/h12-15,23,25-26H,7-11,16-21H2,1-6H3,(H,33,37). The second-order valence-electron chi connectivity index (χ2n) is 13.9. The fraction of sp³-hybridized carbons (Fsp3) is 0.742. The molecule has 2 saturated heterocycles. The Hall–Kier alpha value is -1.95. The Kier molecular flexibility index (Phi) is 8.09. The molecule has 2 heterocycles. The first-order valence-electron chi connectivity index (χ1n) is 14.4. The van der Waals surface area contributed by atoms with Gasteiger partial charge < -0.3 is 10.2 Å². The van der Waals surface area contributed by atoms with Crippen LogP contribution in [-0.4, -0.2) is 58.9 Å². The van der Waals surface area contributed by atoms with Crippen LogP contribution in [0.1, 0.15) is 98.0 Å². The van der Waals surface area contributed by atoms with E-state index < -0.39 is 0 Å². The highest BCUT2D eigenvalue weighted by Crippen LogP contribution is 2.47. The lowest BCUT2D eigenvalue weighted by Gasteiger charge is -2.48. The first-order valence-corrected chi connectivity index (χ1v) is 14.4. The average Bonchev–Trinajstić information content (AvgIpc) is 3.30. The molecule has 0 spiro atoms. The quantitative estimate of drug-likeness (QED) is 0.558. The van der Waals surface area contributed by atoms with Gasteiger partial charge in [-0.05, 0) is 90.8 Å². The van der Waals surface area contributed by atoms with E-state index in [2.05, 4.69) is 51.8 Å². The smallest absolute Gasteiger partial charge is 0.227 e. The fourth-order valence-electron chi connectivity index (χ4n) is 6.95. The summed E-state index contributed by atoms with van der Waals surface area (Å²) in [7, 11) is 0. The molecule has 0 aromatic heterocycles. The lowest BCUT2D eigenvalue weighted by Crippen LogP contribution is -2.57. The van der Waals surface area contributed by atoms with Crippen molar-refractivity contribution in [2.75, 3.05) is 26.2 Å². The Balaban J connectivity index is 1.53. The third-order valence-electron chi connectivity index (χ3n) is 9.18. The lowest BCUT2D eigenvalue weighted by atomic mass is 9.63. The second kappa shape index (κ2) is 10.7. The summed E-state index contributed by atoms with van der Waals surface area (Å²) in [4.78, 5) is 32.2. The summed E-state index contributed by atoms with van der Waals surface area (Å²) >= 11 is 0. The molecule has 2 amide bonds. The molecular formula is C31H48FN3O2. The summed E-state index contributed by atoms with van der Waals surface area (Å²) in [5.41, 5.74) is 0.336. The van der Waals surface area contributed by atoms with E-state index in [0.717, 1.165) is 37.8 Å². The van der Waals surface area contributed by atoms with Crippen molar-refractivity contribution < 1.29 is 14.0 Å². The van der Waals surface area contributed by atoms with Crippen LogP contribution in [0.15, 0.2) is 24.3 Å². The van der Waals surface area contributed by atoms with E-state index in [1.165, 1.54) is 31.4 Å². The molecule has 4 rings (SSSR count). The molecule has 3 fully saturated rings. The van der Waals surface area contributed by atoms with E-state index in [0.29, 0.717) is 25.6 Å². The van der Waals surface area contributed by atoms with Crippen molar-refractivity contribution in [1.29, 1.82) is 0 Å². The van der Waals surface area contributed by atoms with E-state index in [1.807, 2.05) is 17.0 Å². The van der Waals surface area contributed by atoms with E-state index in [1.54, 1.807) is 0 Å². The van der Waals surface area contributed by atoms with Crippen molar-refractivity contribution in [2.24, 2.45) is 17.3 Å². The SMILES string of the molecule is CC(C)(C)NC(=O)C1(C2CCCCC2)CCN(C(=O)C2CN(C(C)(C)C)CC2c2ccc(F)cc2)CC1. The molecule has 206 valence electrons. The molecule has 1 aromatic carbocycles. The summed E-state index contributed by atoms with van der Waals surface area (Å²) in [6.07, 6.45) is 7.35. The van der Waals surface area contributed by atoms with Gasteiger partial charge >= 0.3 is 0 Å². The molecule has 2 unspecified atom stereocenters. The number of likely N-dealkylation sites (tertiary alicyclic amines) is 2. The van der Waals surface area contributed by atoms with Crippen LogP contribution >= 0.6 is 0 Å². The van der Waals surface area contributed by atoms with Crippen LogP contribution in [0.25, 0.3) is 0 Å². The fourth-order valence-corrected chi connectivity index (χ4v) is 6.95. The predicted octanol–water partition coefficient (Wildman–Crippen LogP) is 5.74. The Labute approximate surface area is 223 Å². The number of carbonyl (C=O) groups is 2. The van der Waals surface area contributed by atoms with Gasteiger partial charge in [0.2, 0.25) is 11.8 Å². The number of amides is 2. The molecule has 0 bridgehead atoms. The van der Waals surface area contributed by atoms with Crippen molar-refractivity contribution in [3.63, 3.8) is 0 Å². The maximum Gasteiger partial charge on any atom is 0.227 e. The first-order chi connectivity index (χ1) is 17.3. The van der Waals surface area contributed by atoms with Crippen LogP contribution in [0, 0.1) is 23.1 Å². The van der Waals surface area contributed by atoms with Gasteiger partial charge in [-0.3, -0.25) is 14.5 Å². The van der Waals surface area contributed by atoms with Crippen molar-refractivity contribution >= 4 is 11.8 Å². The summed E-state index contributed by atoms with van der Waals surface area (Å²) < 4.78 is 13.7. The van der Waals surface area contributed by atoms with Crippen molar-refractivity contribution in [1.82, 2.24) is 15.1 Å². The van der Waals surface area contributed by atoms with Crippen LogP contribution < -0.4 is 5.32 Å². The van der Waals surface area contributed by atoms with Crippen LogP contribution in [0.2, 0.25) is 0 Å². The van der Waals surface area contributed by atoms with Gasteiger partial charge in [0, 0.05) is 43.2 Å². The minimum atomic E-state index is -0.381. The number of nitrogens with zero attached hydrogens (tertiary/aromatic N) is 2. The lowest BCUT2D eigenvalue weighted by molar-refractivity contribution is -0.148. The van der Waals surface area contributed by atoms with Gasteiger partial charge in [-0.1, -0.05) is 31.4 Å². The largest absolute Gasteiger partial charge is 0.351 e. The minimum absolute atomic E-state index is 0.0431. The molecule has 6 heteroatoms. The highest BCUT2D eigenvalue weighted by molar-refractivity contribution is 5.85. The molecule has 1 N–H and O–H groups in total. The topological polar surface area (TPSA) is 52.7 Å². The van der Waals surface area contributed by atoms with Gasteiger partial charge in [0.15, 0.2) is 0 Å². The second-order valence-corrected chi connectivity index (χ2v) is 13.9. The highest BCUT2D eigenvalue weighted by atomic mass is 19.1. The molecular weight excluding hydrogens is 465 g/mol. The van der Waals surface area contributed by atoms with Gasteiger partial charge in [0.05, 0.1) is 11.3 Å². The van der Waals surface area contributed by atoms with Gasteiger partial charge in [-0.2, -0.15) is 0 Å². The van der Waals surface area contributed by atoms with Crippen LogP contribution in [0.5, 0.6) is 0 Å². The third kappa shape index (κ3) is 6.21. The number of halogens is 1. The number of carbonyl (C=O) groups excluding carboxylic acids is 2. The van der Waals surface area contributed by atoms with Gasteiger partial charge in [-0.25, -0.2) is 4.39 Å². The molecule has 3 aliphatic rings. The van der Waals surface area contributed by atoms with E-state index in [9.17, 15) is 14.0 Å². The van der Waals surface area contributed by atoms with Gasteiger partial charge in [0.1, 0.15) is 5.82 Å². The summed E-state index contributed by atoms with van der Waals surface area (Å²) in [5.74, 6) is 0.408. The zero-order chi connectivity index (χ0) is 27.0. The van der Waals surface area contributed by atoms with Crippen molar-refractivity contribution in [3.8, 4) is 0 Å². The Bertz CT molecular complexity index is 948. The maximum atomic E-state index is 14.0. The molecule has 2 aliphatic heterocycles. The Morgan fingerprint density at radius 1 is 0.919 bits per heavy atom. The molecule has 2 atom stereocenters. The van der Waals surface area contributed by atoms with Crippen molar-refractivity contribution in [3.05, 3.63) is 35.6 Å². The number of piperidine rings is 1. The monoisotopic (exact) mass is 513 g/mol. The Morgan fingerprint density at radius 2 is 1.51 bits per heavy atom. The van der Waals surface area contributed by atoms with Crippen LogP contribution in [0.3, 0.4) is 0 Å². The van der Waals surface area contributed by atoms with Crippen molar-refractivity contribution in [2.45, 2.75) is 103 Å².